The summed E-state index contributed by atoms with van der Waals surface area (Å²) in [5.41, 5.74) is 6.18. The van der Waals surface area contributed by atoms with E-state index in [0.29, 0.717) is 11.4 Å². The van der Waals surface area contributed by atoms with Gasteiger partial charge in [0.25, 0.3) is 5.91 Å². The number of aromatic nitrogens is 2. The Balaban J connectivity index is 1.80. The first-order chi connectivity index (χ1) is 7.68. The second-order valence-electron chi connectivity index (χ2n) is 4.41. The van der Waals surface area contributed by atoms with Crippen LogP contribution in [0, 0.1) is 5.92 Å². The second-order valence-corrected chi connectivity index (χ2v) is 4.41. The van der Waals surface area contributed by atoms with E-state index in [-0.39, 0.29) is 5.91 Å². The number of nitrogen functional groups attached to an aromatic ring is 1. The molecule has 0 saturated heterocycles. The number of nitrogens with two attached hydrogens (primary N) is 1. The third kappa shape index (κ3) is 2.18. The van der Waals surface area contributed by atoms with Crippen molar-refractivity contribution in [2.24, 2.45) is 13.0 Å². The van der Waals surface area contributed by atoms with Gasteiger partial charge in [-0.2, -0.15) is 5.10 Å². The van der Waals surface area contributed by atoms with Gasteiger partial charge in [-0.15, -0.1) is 0 Å². The number of hydrogen-bond donors (Lipinski definition) is 2. The highest BCUT2D eigenvalue weighted by Gasteiger charge is 2.18. The van der Waals surface area contributed by atoms with Crippen molar-refractivity contribution in [3.63, 3.8) is 0 Å². The Morgan fingerprint density at radius 1 is 1.69 bits per heavy atom. The van der Waals surface area contributed by atoms with Gasteiger partial charge in [0.15, 0.2) is 0 Å². The zero-order chi connectivity index (χ0) is 11.5. The fraction of sp³-hybridized carbons (Fsp3) is 0.636. The molecule has 0 radical (unpaired) electrons. The highest BCUT2D eigenvalue weighted by Crippen LogP contribution is 2.28. The zero-order valence-corrected chi connectivity index (χ0v) is 9.57. The first-order valence-electron chi connectivity index (χ1n) is 5.74. The summed E-state index contributed by atoms with van der Waals surface area (Å²) in [5, 5.41) is 6.82. The van der Waals surface area contributed by atoms with Gasteiger partial charge >= 0.3 is 0 Å². The molecule has 0 aromatic carbocycles. The molecule has 1 amide bonds. The van der Waals surface area contributed by atoms with Gasteiger partial charge in [-0.25, -0.2) is 0 Å². The molecule has 0 bridgehead atoms. The van der Waals surface area contributed by atoms with E-state index in [1.54, 1.807) is 7.05 Å². The average molecular weight is 222 g/mol. The van der Waals surface area contributed by atoms with Gasteiger partial charge in [0.2, 0.25) is 0 Å². The SMILES string of the molecule is Cn1ncc(C(=O)NCCC2CCC2)c1N. The van der Waals surface area contributed by atoms with Crippen molar-refractivity contribution >= 4 is 11.7 Å². The average Bonchev–Trinajstić information content (AvgIpc) is 2.52. The first kappa shape index (κ1) is 11.0. The van der Waals surface area contributed by atoms with Crippen molar-refractivity contribution in [2.75, 3.05) is 12.3 Å². The first-order valence-corrected chi connectivity index (χ1v) is 5.74. The maximum Gasteiger partial charge on any atom is 0.256 e. The molecule has 1 fully saturated rings. The fourth-order valence-electron chi connectivity index (χ4n) is 1.89. The summed E-state index contributed by atoms with van der Waals surface area (Å²) in [6, 6.07) is 0. The number of aryl methyl sites for hydroxylation is 1. The van der Waals surface area contributed by atoms with Crippen molar-refractivity contribution < 1.29 is 4.79 Å². The van der Waals surface area contributed by atoms with E-state index in [0.717, 1.165) is 18.9 Å². The van der Waals surface area contributed by atoms with Crippen LogP contribution in [0.25, 0.3) is 0 Å². The fourth-order valence-corrected chi connectivity index (χ4v) is 1.89. The van der Waals surface area contributed by atoms with Gasteiger partial charge in [-0.1, -0.05) is 19.3 Å². The highest BCUT2D eigenvalue weighted by molar-refractivity contribution is 5.98. The smallest absolute Gasteiger partial charge is 0.256 e. The number of rotatable bonds is 4. The van der Waals surface area contributed by atoms with E-state index in [2.05, 4.69) is 10.4 Å². The second kappa shape index (κ2) is 4.55. The van der Waals surface area contributed by atoms with E-state index in [1.807, 2.05) is 0 Å². The molecule has 1 aromatic heterocycles. The molecule has 1 saturated carbocycles. The number of anilines is 1. The number of amides is 1. The van der Waals surface area contributed by atoms with Gasteiger partial charge in [0, 0.05) is 13.6 Å². The summed E-state index contributed by atoms with van der Waals surface area (Å²) in [7, 11) is 1.72. The van der Waals surface area contributed by atoms with Crippen molar-refractivity contribution in [1.82, 2.24) is 15.1 Å². The predicted octanol–water partition coefficient (Wildman–Crippen LogP) is 0.922. The molecule has 16 heavy (non-hydrogen) atoms. The molecule has 5 nitrogen and oxygen atoms in total. The highest BCUT2D eigenvalue weighted by atomic mass is 16.1. The van der Waals surface area contributed by atoms with Gasteiger partial charge in [0.05, 0.1) is 6.20 Å². The molecule has 2 rings (SSSR count). The van der Waals surface area contributed by atoms with E-state index >= 15 is 0 Å². The monoisotopic (exact) mass is 222 g/mol. The molecular formula is C11H18N4O. The number of nitrogens with one attached hydrogen (secondary N) is 1. The van der Waals surface area contributed by atoms with Crippen molar-refractivity contribution in [3.05, 3.63) is 11.8 Å². The van der Waals surface area contributed by atoms with Gasteiger partial charge in [0.1, 0.15) is 11.4 Å². The summed E-state index contributed by atoms with van der Waals surface area (Å²) in [4.78, 5) is 11.7. The molecule has 0 atom stereocenters. The minimum absolute atomic E-state index is 0.120. The van der Waals surface area contributed by atoms with Crippen LogP contribution in [0.15, 0.2) is 6.20 Å². The van der Waals surface area contributed by atoms with Gasteiger partial charge in [-0.05, 0) is 12.3 Å². The number of carbonyl (C=O) groups is 1. The van der Waals surface area contributed by atoms with Gasteiger partial charge in [-0.3, -0.25) is 9.48 Å². The molecule has 0 spiro atoms. The van der Waals surface area contributed by atoms with E-state index in [9.17, 15) is 4.79 Å². The number of hydrogen-bond acceptors (Lipinski definition) is 3. The molecule has 88 valence electrons. The summed E-state index contributed by atoms with van der Waals surface area (Å²) in [6.07, 6.45) is 6.55. The lowest BCUT2D eigenvalue weighted by Gasteiger charge is -2.25. The summed E-state index contributed by atoms with van der Waals surface area (Å²) < 4.78 is 1.50. The maximum absolute atomic E-state index is 11.7. The minimum Gasteiger partial charge on any atom is -0.383 e. The largest absolute Gasteiger partial charge is 0.383 e. The van der Waals surface area contributed by atoms with E-state index in [4.69, 9.17) is 5.73 Å². The molecule has 3 N–H and O–H groups in total. The number of nitrogens with zero attached hydrogens (tertiary/aromatic N) is 2. The third-order valence-electron chi connectivity index (χ3n) is 3.29. The molecule has 1 heterocycles. The maximum atomic E-state index is 11.7. The van der Waals surface area contributed by atoms with Crippen LogP contribution in [-0.2, 0) is 7.05 Å². The molecule has 1 aromatic rings. The topological polar surface area (TPSA) is 72.9 Å². The Labute approximate surface area is 95.0 Å². The van der Waals surface area contributed by atoms with Crippen LogP contribution in [0.4, 0.5) is 5.82 Å². The molecule has 0 unspecified atom stereocenters. The minimum atomic E-state index is -0.120. The number of carbonyl (C=O) groups excluding carboxylic acids is 1. The lowest BCUT2D eigenvalue weighted by Crippen LogP contribution is -2.27. The normalized spacial score (nSPS) is 15.8. The van der Waals surface area contributed by atoms with Crippen LogP contribution >= 0.6 is 0 Å². The van der Waals surface area contributed by atoms with Crippen LogP contribution in [0.1, 0.15) is 36.0 Å². The predicted molar refractivity (Wildman–Crippen MR) is 61.9 cm³/mol. The van der Waals surface area contributed by atoms with Crippen LogP contribution < -0.4 is 11.1 Å². The summed E-state index contributed by atoms with van der Waals surface area (Å²) >= 11 is 0. The van der Waals surface area contributed by atoms with Crippen LogP contribution in [0.2, 0.25) is 0 Å². The lowest BCUT2D eigenvalue weighted by molar-refractivity contribution is 0.0950. The van der Waals surface area contributed by atoms with Crippen molar-refractivity contribution in [3.8, 4) is 0 Å². The Morgan fingerprint density at radius 3 is 2.94 bits per heavy atom. The van der Waals surface area contributed by atoms with Gasteiger partial charge < -0.3 is 11.1 Å². The van der Waals surface area contributed by atoms with Crippen molar-refractivity contribution in [2.45, 2.75) is 25.7 Å². The lowest BCUT2D eigenvalue weighted by atomic mass is 9.83. The quantitative estimate of drug-likeness (QED) is 0.795. The standard InChI is InChI=1S/C11H18N4O/c1-15-10(12)9(7-14-15)11(16)13-6-5-8-3-2-4-8/h7-8H,2-6,12H2,1H3,(H,13,16). The zero-order valence-electron chi connectivity index (χ0n) is 9.57. The molecule has 0 aliphatic heterocycles. The van der Waals surface area contributed by atoms with Crippen LogP contribution in [0.3, 0.4) is 0 Å². The Kier molecular flexibility index (Phi) is 3.12. The summed E-state index contributed by atoms with van der Waals surface area (Å²) in [6.45, 7) is 0.734. The molecule has 5 heteroatoms. The van der Waals surface area contributed by atoms with E-state index in [1.165, 1.54) is 30.1 Å². The summed E-state index contributed by atoms with van der Waals surface area (Å²) in [5.74, 6) is 1.11. The van der Waals surface area contributed by atoms with E-state index < -0.39 is 0 Å². The Bertz CT molecular complexity index is 381. The molecule has 1 aliphatic carbocycles. The Morgan fingerprint density at radius 2 is 2.44 bits per heavy atom. The van der Waals surface area contributed by atoms with Crippen molar-refractivity contribution in [1.29, 1.82) is 0 Å². The molecule has 1 aliphatic rings. The Hall–Kier alpha value is -1.52. The van der Waals surface area contributed by atoms with Crippen LogP contribution in [0.5, 0.6) is 0 Å². The molecular weight excluding hydrogens is 204 g/mol. The van der Waals surface area contributed by atoms with Crippen LogP contribution in [-0.4, -0.2) is 22.2 Å². The third-order valence-corrected chi connectivity index (χ3v) is 3.29.